The molecule has 0 unspecified atom stereocenters. The second-order valence-electron chi connectivity index (χ2n) is 8.39. The van der Waals surface area contributed by atoms with Crippen molar-refractivity contribution in [1.29, 1.82) is 0 Å². The highest BCUT2D eigenvalue weighted by atomic mass is 32.2. The van der Waals surface area contributed by atoms with Crippen LogP contribution < -0.4 is 0 Å². The van der Waals surface area contributed by atoms with E-state index in [-0.39, 0.29) is 35.5 Å². The standard InChI is InChI=1S/C24H35O9PS2/c1-7-23(8-2,32-35(26,27)21-15-11-19(5)12-16-21)30-34(25)31-24(9-3,10-4)33-36(28,29)22-17-13-20(6)14-18-22/h11-18,34H,7-10H2,1-6H3. The average Bonchev–Trinajstić information content (AvgIpc) is 2.83. The maximum absolute atomic E-state index is 13.0. The van der Waals surface area contributed by atoms with Gasteiger partial charge in [-0.15, -0.1) is 0 Å². The van der Waals surface area contributed by atoms with Gasteiger partial charge in [-0.05, 0) is 38.1 Å². The van der Waals surface area contributed by atoms with Gasteiger partial charge in [0, 0.05) is 25.7 Å². The van der Waals surface area contributed by atoms with Crippen LogP contribution in [0.4, 0.5) is 0 Å². The van der Waals surface area contributed by atoms with E-state index in [1.54, 1.807) is 52.0 Å². The lowest BCUT2D eigenvalue weighted by Gasteiger charge is -2.34. The number of hydrogen-bond donors (Lipinski definition) is 0. The zero-order chi connectivity index (χ0) is 27.2. The van der Waals surface area contributed by atoms with Gasteiger partial charge >= 0.3 is 8.25 Å². The highest BCUT2D eigenvalue weighted by molar-refractivity contribution is 7.87. The van der Waals surface area contributed by atoms with Crippen LogP contribution in [-0.4, -0.2) is 28.4 Å². The van der Waals surface area contributed by atoms with Gasteiger partial charge in [-0.1, -0.05) is 63.1 Å². The van der Waals surface area contributed by atoms with E-state index < -0.39 is 40.1 Å². The minimum absolute atomic E-state index is 0.0299. The Morgan fingerprint density at radius 2 is 0.889 bits per heavy atom. The van der Waals surface area contributed by atoms with Gasteiger partial charge in [0.05, 0.1) is 9.79 Å². The number of hydrogen-bond acceptors (Lipinski definition) is 9. The van der Waals surface area contributed by atoms with E-state index in [4.69, 9.17) is 17.4 Å². The van der Waals surface area contributed by atoms with Crippen LogP contribution >= 0.6 is 8.25 Å². The van der Waals surface area contributed by atoms with Crippen LogP contribution in [0.25, 0.3) is 0 Å². The molecule has 0 spiro atoms. The second-order valence-corrected chi connectivity index (χ2v) is 12.4. The summed E-state index contributed by atoms with van der Waals surface area (Å²) in [7, 11) is -12.0. The first-order valence-corrected chi connectivity index (χ1v) is 15.8. The molecular formula is C24H35O9PS2. The number of benzene rings is 2. The molecule has 9 nitrogen and oxygen atoms in total. The van der Waals surface area contributed by atoms with Gasteiger partial charge in [0.2, 0.25) is 0 Å². The van der Waals surface area contributed by atoms with Crippen LogP contribution in [0.15, 0.2) is 58.3 Å². The first-order chi connectivity index (χ1) is 16.8. The molecular weight excluding hydrogens is 527 g/mol. The molecule has 0 amide bonds. The van der Waals surface area contributed by atoms with Crippen molar-refractivity contribution in [1.82, 2.24) is 0 Å². The Kier molecular flexibility index (Phi) is 10.5. The van der Waals surface area contributed by atoms with Crippen LogP contribution in [0.5, 0.6) is 0 Å². The van der Waals surface area contributed by atoms with Crippen molar-refractivity contribution in [3.8, 4) is 0 Å². The summed E-state index contributed by atoms with van der Waals surface area (Å²) < 4.78 is 86.5. The Balaban J connectivity index is 2.27. The third-order valence-corrected chi connectivity index (χ3v) is 9.66. The average molecular weight is 563 g/mol. The van der Waals surface area contributed by atoms with Crippen LogP contribution in [-0.2, 0) is 42.2 Å². The fraction of sp³-hybridized carbons (Fsp3) is 0.500. The molecule has 0 aliphatic rings. The largest absolute Gasteiger partial charge is 0.324 e. The summed E-state index contributed by atoms with van der Waals surface area (Å²) in [6.45, 7) is 10.1. The molecule has 0 fully saturated rings. The molecule has 0 saturated carbocycles. The van der Waals surface area contributed by atoms with Crippen LogP contribution in [0.3, 0.4) is 0 Å². The van der Waals surface area contributed by atoms with Gasteiger partial charge in [0.1, 0.15) is 0 Å². The predicted molar refractivity (Wildman–Crippen MR) is 137 cm³/mol. The molecule has 2 rings (SSSR count). The Morgan fingerprint density at radius 3 is 1.14 bits per heavy atom. The Hall–Kier alpha value is -1.59. The van der Waals surface area contributed by atoms with Gasteiger partial charge in [0.15, 0.2) is 11.6 Å². The smallest absolute Gasteiger partial charge is 0.276 e. The molecule has 0 aliphatic heterocycles. The van der Waals surface area contributed by atoms with Crippen molar-refractivity contribution >= 4 is 28.5 Å². The van der Waals surface area contributed by atoms with E-state index in [0.29, 0.717) is 0 Å². The fourth-order valence-electron chi connectivity index (χ4n) is 3.29. The summed E-state index contributed by atoms with van der Waals surface area (Å²) in [4.78, 5) is -0.153. The third-order valence-electron chi connectivity index (χ3n) is 5.84. The summed E-state index contributed by atoms with van der Waals surface area (Å²) in [6.07, 6.45) is 0.120. The summed E-state index contributed by atoms with van der Waals surface area (Å²) in [5.74, 6) is -3.58. The van der Waals surface area contributed by atoms with E-state index in [2.05, 4.69) is 0 Å². The quantitative estimate of drug-likeness (QED) is 0.158. The monoisotopic (exact) mass is 562 g/mol. The van der Waals surface area contributed by atoms with E-state index in [9.17, 15) is 21.4 Å². The van der Waals surface area contributed by atoms with E-state index >= 15 is 0 Å². The minimum atomic E-state index is -4.26. The van der Waals surface area contributed by atoms with Gasteiger partial charge in [-0.3, -0.25) is 13.6 Å². The normalized spacial score (nSPS) is 13.3. The molecule has 202 valence electrons. The SMILES string of the molecule is CCC(CC)(O[PH](=O)OC(CC)(CC)OS(=O)(=O)c1ccc(C)cc1)OS(=O)(=O)c1ccc(C)cc1. The molecule has 0 saturated heterocycles. The molecule has 0 bridgehead atoms. The lowest BCUT2D eigenvalue weighted by molar-refractivity contribution is -0.151. The zero-order valence-electron chi connectivity index (χ0n) is 21.4. The Bertz CT molecular complexity index is 1130. The molecule has 2 aromatic rings. The van der Waals surface area contributed by atoms with Crippen molar-refractivity contribution in [2.24, 2.45) is 0 Å². The molecule has 0 N–H and O–H groups in total. The van der Waals surface area contributed by atoms with Crippen molar-refractivity contribution in [2.45, 2.75) is 88.6 Å². The third kappa shape index (κ3) is 7.71. The first-order valence-electron chi connectivity index (χ1n) is 11.7. The van der Waals surface area contributed by atoms with Crippen molar-refractivity contribution in [3.63, 3.8) is 0 Å². The van der Waals surface area contributed by atoms with Gasteiger partial charge in [0.25, 0.3) is 20.2 Å². The molecule has 36 heavy (non-hydrogen) atoms. The molecule has 0 radical (unpaired) electrons. The molecule has 2 aromatic carbocycles. The minimum Gasteiger partial charge on any atom is -0.276 e. The van der Waals surface area contributed by atoms with Crippen molar-refractivity contribution < 1.29 is 38.8 Å². The molecule has 0 heterocycles. The van der Waals surface area contributed by atoms with Crippen LogP contribution in [0.1, 0.15) is 64.5 Å². The maximum Gasteiger partial charge on any atom is 0.324 e. The van der Waals surface area contributed by atoms with Gasteiger partial charge in [-0.25, -0.2) is 8.37 Å². The van der Waals surface area contributed by atoms with Crippen LogP contribution in [0, 0.1) is 13.8 Å². The number of aryl methyl sites for hydroxylation is 2. The summed E-state index contributed by atoms with van der Waals surface area (Å²) >= 11 is 0. The number of rotatable bonds is 14. The molecule has 0 atom stereocenters. The zero-order valence-corrected chi connectivity index (χ0v) is 24.1. The highest BCUT2D eigenvalue weighted by Gasteiger charge is 2.42. The molecule has 12 heteroatoms. The summed E-state index contributed by atoms with van der Waals surface area (Å²) in [5, 5.41) is 0. The Morgan fingerprint density at radius 1 is 0.611 bits per heavy atom. The van der Waals surface area contributed by atoms with Crippen molar-refractivity contribution in [3.05, 3.63) is 59.7 Å². The van der Waals surface area contributed by atoms with E-state index in [0.717, 1.165) is 11.1 Å². The first kappa shape index (κ1) is 30.6. The lowest BCUT2D eigenvalue weighted by Crippen LogP contribution is -2.38. The second kappa shape index (κ2) is 12.3. The van der Waals surface area contributed by atoms with Gasteiger partial charge in [-0.2, -0.15) is 16.8 Å². The fourth-order valence-corrected chi connectivity index (χ4v) is 7.19. The predicted octanol–water partition coefficient (Wildman–Crippen LogP) is 5.87. The molecule has 0 aromatic heterocycles. The summed E-state index contributed by atoms with van der Waals surface area (Å²) in [5.41, 5.74) is 1.74. The van der Waals surface area contributed by atoms with Gasteiger partial charge < -0.3 is 0 Å². The summed E-state index contributed by atoms with van der Waals surface area (Å²) in [6, 6.07) is 12.1. The van der Waals surface area contributed by atoms with E-state index in [1.165, 1.54) is 24.3 Å². The van der Waals surface area contributed by atoms with Crippen LogP contribution in [0.2, 0.25) is 0 Å². The van der Waals surface area contributed by atoms with E-state index in [1.807, 2.05) is 13.8 Å². The molecule has 0 aliphatic carbocycles. The lowest BCUT2D eigenvalue weighted by atomic mass is 10.2. The Labute approximate surface area is 215 Å². The topological polar surface area (TPSA) is 122 Å². The highest BCUT2D eigenvalue weighted by Crippen LogP contribution is 2.44. The van der Waals surface area contributed by atoms with Crippen molar-refractivity contribution in [2.75, 3.05) is 0 Å². The maximum atomic E-state index is 13.0.